The molecule has 2 aromatic carbocycles. The minimum Gasteiger partial charge on any atom is -0.398 e. The lowest BCUT2D eigenvalue weighted by atomic mass is 9.89. The molecule has 1 fully saturated rings. The first-order chi connectivity index (χ1) is 12.1. The van der Waals surface area contributed by atoms with Crippen LogP contribution in [0.5, 0.6) is 0 Å². The maximum absolute atomic E-state index is 13.1. The molecular formula is C21H26ClFN2O. The van der Waals surface area contributed by atoms with Crippen molar-refractivity contribution in [1.82, 2.24) is 4.90 Å². The van der Waals surface area contributed by atoms with Crippen molar-refractivity contribution < 1.29 is 9.18 Å². The monoisotopic (exact) mass is 376 g/mol. The number of ketones is 1. The Morgan fingerprint density at radius 1 is 1.12 bits per heavy atom. The van der Waals surface area contributed by atoms with E-state index in [0.717, 1.165) is 26.1 Å². The van der Waals surface area contributed by atoms with Gasteiger partial charge in [0, 0.05) is 17.7 Å². The summed E-state index contributed by atoms with van der Waals surface area (Å²) in [6, 6.07) is 14.7. The molecular weight excluding hydrogens is 351 g/mol. The standard InChI is InChI=1S/C21H25FN2O.ClH/c22-18-8-9-19(20(23)15-18)21(25)7-4-12-24-13-10-17(11-14-24)16-5-2-1-3-6-16;/h1-3,5-6,8-9,15,17H,4,7,10-14,23H2;1H. The van der Waals surface area contributed by atoms with Crippen molar-refractivity contribution in [2.45, 2.75) is 31.6 Å². The van der Waals surface area contributed by atoms with E-state index in [2.05, 4.69) is 35.2 Å². The van der Waals surface area contributed by atoms with Crippen molar-refractivity contribution in [3.63, 3.8) is 0 Å². The van der Waals surface area contributed by atoms with Gasteiger partial charge in [0.25, 0.3) is 0 Å². The quantitative estimate of drug-likeness (QED) is 0.588. The molecule has 0 aromatic heterocycles. The number of carbonyl (C=O) groups is 1. The molecule has 0 unspecified atom stereocenters. The molecule has 1 aliphatic heterocycles. The molecule has 0 amide bonds. The van der Waals surface area contributed by atoms with Crippen LogP contribution in [-0.2, 0) is 0 Å². The zero-order valence-corrected chi connectivity index (χ0v) is 15.7. The summed E-state index contributed by atoms with van der Waals surface area (Å²) in [5.74, 6) is 0.241. The van der Waals surface area contributed by atoms with E-state index in [1.54, 1.807) is 0 Å². The third-order valence-electron chi connectivity index (χ3n) is 5.05. The predicted octanol–water partition coefficient (Wildman–Crippen LogP) is 4.67. The first kappa shape index (κ1) is 20.4. The van der Waals surface area contributed by atoms with E-state index >= 15 is 0 Å². The SMILES string of the molecule is Cl.Nc1cc(F)ccc1C(=O)CCCN1CCC(c2ccccc2)CC1. The average Bonchev–Trinajstić information content (AvgIpc) is 2.63. The van der Waals surface area contributed by atoms with Crippen LogP contribution in [0.2, 0.25) is 0 Å². The minimum atomic E-state index is -0.407. The summed E-state index contributed by atoms with van der Waals surface area (Å²) in [5.41, 5.74) is 7.84. The second kappa shape index (κ2) is 9.70. The number of nitrogens with two attached hydrogens (primary N) is 1. The van der Waals surface area contributed by atoms with Crippen LogP contribution < -0.4 is 5.73 Å². The molecule has 0 aliphatic carbocycles. The zero-order valence-electron chi connectivity index (χ0n) is 14.9. The second-order valence-corrected chi connectivity index (χ2v) is 6.78. The van der Waals surface area contributed by atoms with E-state index in [9.17, 15) is 9.18 Å². The molecule has 0 bridgehead atoms. The van der Waals surface area contributed by atoms with Gasteiger partial charge >= 0.3 is 0 Å². The summed E-state index contributed by atoms with van der Waals surface area (Å²) >= 11 is 0. The Kier molecular flexibility index (Phi) is 7.61. The number of likely N-dealkylation sites (tertiary alicyclic amines) is 1. The molecule has 2 aromatic rings. The lowest BCUT2D eigenvalue weighted by molar-refractivity contribution is 0.0973. The fourth-order valence-electron chi connectivity index (χ4n) is 3.60. The van der Waals surface area contributed by atoms with Gasteiger partial charge in [0.1, 0.15) is 5.82 Å². The Bertz CT molecular complexity index is 715. The molecule has 3 rings (SSSR count). The number of nitrogens with zero attached hydrogens (tertiary/aromatic N) is 1. The van der Waals surface area contributed by atoms with Crippen LogP contribution in [0.15, 0.2) is 48.5 Å². The maximum Gasteiger partial charge on any atom is 0.164 e. The Hall–Kier alpha value is -1.91. The second-order valence-electron chi connectivity index (χ2n) is 6.78. The summed E-state index contributed by atoms with van der Waals surface area (Å²) in [4.78, 5) is 14.7. The molecule has 140 valence electrons. The molecule has 1 saturated heterocycles. The molecule has 1 heterocycles. The number of carbonyl (C=O) groups excluding carboxylic acids is 1. The van der Waals surface area contributed by atoms with Gasteiger partial charge in [0.05, 0.1) is 0 Å². The third-order valence-corrected chi connectivity index (χ3v) is 5.05. The molecule has 5 heteroatoms. The Balaban J connectivity index is 0.00000243. The number of nitrogen functional groups attached to an aromatic ring is 1. The number of hydrogen-bond acceptors (Lipinski definition) is 3. The molecule has 0 radical (unpaired) electrons. The van der Waals surface area contributed by atoms with Gasteiger partial charge in [-0.1, -0.05) is 30.3 Å². The number of benzene rings is 2. The van der Waals surface area contributed by atoms with Crippen molar-refractivity contribution in [3.05, 3.63) is 65.5 Å². The maximum atomic E-state index is 13.1. The molecule has 0 saturated carbocycles. The first-order valence-corrected chi connectivity index (χ1v) is 8.99. The summed E-state index contributed by atoms with van der Waals surface area (Å²) in [7, 11) is 0. The van der Waals surface area contributed by atoms with Crippen molar-refractivity contribution in [1.29, 1.82) is 0 Å². The molecule has 26 heavy (non-hydrogen) atoms. The summed E-state index contributed by atoms with van der Waals surface area (Å²) < 4.78 is 13.1. The Labute approximate surface area is 160 Å². The Morgan fingerprint density at radius 2 is 1.81 bits per heavy atom. The van der Waals surface area contributed by atoms with Gasteiger partial charge < -0.3 is 10.6 Å². The fourth-order valence-corrected chi connectivity index (χ4v) is 3.60. The lowest BCUT2D eigenvalue weighted by Gasteiger charge is -2.32. The number of piperidine rings is 1. The van der Waals surface area contributed by atoms with E-state index in [1.807, 2.05) is 0 Å². The van der Waals surface area contributed by atoms with Gasteiger partial charge in [-0.15, -0.1) is 12.4 Å². The van der Waals surface area contributed by atoms with Gasteiger partial charge in [0.15, 0.2) is 5.78 Å². The smallest absolute Gasteiger partial charge is 0.164 e. The van der Waals surface area contributed by atoms with Crippen LogP contribution in [-0.4, -0.2) is 30.3 Å². The van der Waals surface area contributed by atoms with Crippen molar-refractivity contribution in [3.8, 4) is 0 Å². The molecule has 1 aliphatic rings. The van der Waals surface area contributed by atoms with E-state index < -0.39 is 5.82 Å². The number of Topliss-reactive ketones (excluding diaryl/α,β-unsaturated/α-hetero) is 1. The largest absolute Gasteiger partial charge is 0.398 e. The van der Waals surface area contributed by atoms with E-state index in [1.165, 1.54) is 36.6 Å². The van der Waals surface area contributed by atoms with Crippen LogP contribution in [0.4, 0.5) is 10.1 Å². The van der Waals surface area contributed by atoms with Crippen LogP contribution in [0.3, 0.4) is 0 Å². The van der Waals surface area contributed by atoms with Crippen LogP contribution in [0.25, 0.3) is 0 Å². The molecule has 3 nitrogen and oxygen atoms in total. The minimum absolute atomic E-state index is 0. The number of rotatable bonds is 6. The Morgan fingerprint density at radius 3 is 2.46 bits per heavy atom. The summed E-state index contributed by atoms with van der Waals surface area (Å²) in [5, 5.41) is 0. The third kappa shape index (κ3) is 5.29. The first-order valence-electron chi connectivity index (χ1n) is 8.99. The average molecular weight is 377 g/mol. The van der Waals surface area contributed by atoms with Crippen LogP contribution in [0.1, 0.15) is 47.5 Å². The molecule has 0 spiro atoms. The van der Waals surface area contributed by atoms with Gasteiger partial charge in [-0.05, 0) is 68.6 Å². The van der Waals surface area contributed by atoms with Gasteiger partial charge in [-0.2, -0.15) is 0 Å². The summed E-state index contributed by atoms with van der Waals surface area (Å²) in [6.07, 6.45) is 3.60. The number of halogens is 2. The highest BCUT2D eigenvalue weighted by atomic mass is 35.5. The highest BCUT2D eigenvalue weighted by Crippen LogP contribution is 2.27. The van der Waals surface area contributed by atoms with Gasteiger partial charge in [-0.3, -0.25) is 4.79 Å². The molecule has 0 atom stereocenters. The van der Waals surface area contributed by atoms with Gasteiger partial charge in [-0.25, -0.2) is 4.39 Å². The normalized spacial score (nSPS) is 15.4. The van der Waals surface area contributed by atoms with Crippen molar-refractivity contribution in [2.75, 3.05) is 25.4 Å². The zero-order chi connectivity index (χ0) is 17.6. The van der Waals surface area contributed by atoms with E-state index in [0.29, 0.717) is 17.9 Å². The van der Waals surface area contributed by atoms with E-state index in [-0.39, 0.29) is 23.9 Å². The number of anilines is 1. The van der Waals surface area contributed by atoms with Crippen LogP contribution >= 0.6 is 12.4 Å². The topological polar surface area (TPSA) is 46.3 Å². The molecule has 2 N–H and O–H groups in total. The van der Waals surface area contributed by atoms with Crippen molar-refractivity contribution >= 4 is 23.9 Å². The lowest BCUT2D eigenvalue weighted by Crippen LogP contribution is -2.33. The van der Waals surface area contributed by atoms with E-state index in [4.69, 9.17) is 5.73 Å². The highest BCUT2D eigenvalue weighted by molar-refractivity contribution is 6.00. The highest BCUT2D eigenvalue weighted by Gasteiger charge is 2.20. The number of hydrogen-bond donors (Lipinski definition) is 1. The van der Waals surface area contributed by atoms with Crippen LogP contribution in [0, 0.1) is 5.82 Å². The van der Waals surface area contributed by atoms with Gasteiger partial charge in [0.2, 0.25) is 0 Å². The fraction of sp³-hybridized carbons (Fsp3) is 0.381. The van der Waals surface area contributed by atoms with Crippen molar-refractivity contribution in [2.24, 2.45) is 0 Å². The predicted molar refractivity (Wildman–Crippen MR) is 106 cm³/mol. The summed E-state index contributed by atoms with van der Waals surface area (Å²) in [6.45, 7) is 3.08.